The van der Waals surface area contributed by atoms with E-state index in [1.54, 1.807) is 18.2 Å². The molecule has 29 heavy (non-hydrogen) atoms. The third-order valence-electron chi connectivity index (χ3n) is 4.20. The van der Waals surface area contributed by atoms with Crippen LogP contribution in [0.4, 0.5) is 0 Å². The van der Waals surface area contributed by atoms with Gasteiger partial charge in [0.2, 0.25) is 0 Å². The number of benzene rings is 3. The Labute approximate surface area is 172 Å². The van der Waals surface area contributed by atoms with E-state index in [-0.39, 0.29) is 4.90 Å². The van der Waals surface area contributed by atoms with E-state index >= 15 is 0 Å². The third-order valence-corrected chi connectivity index (χ3v) is 7.83. The quantitative estimate of drug-likeness (QED) is 0.438. The second-order valence-corrected chi connectivity index (χ2v) is 9.59. The molecule has 3 aromatic carbocycles. The van der Waals surface area contributed by atoms with E-state index in [0.717, 1.165) is 10.6 Å². The van der Waals surface area contributed by atoms with Crippen molar-refractivity contribution in [3.63, 3.8) is 0 Å². The van der Waals surface area contributed by atoms with E-state index in [4.69, 9.17) is 9.47 Å². The first-order valence-electron chi connectivity index (χ1n) is 9.27. The molecule has 0 bridgehead atoms. The molecule has 0 fully saturated rings. The van der Waals surface area contributed by atoms with Crippen molar-refractivity contribution < 1.29 is 22.4 Å². The van der Waals surface area contributed by atoms with Crippen LogP contribution in [-0.2, 0) is 10.1 Å². The molecule has 0 saturated carbocycles. The Balaban J connectivity index is 2.34. The van der Waals surface area contributed by atoms with E-state index in [1.165, 1.54) is 6.07 Å². The molecule has 0 heterocycles. The summed E-state index contributed by atoms with van der Waals surface area (Å²) in [6.45, 7) is 4.76. The molecule has 0 aliphatic carbocycles. The fourth-order valence-corrected chi connectivity index (χ4v) is 6.79. The van der Waals surface area contributed by atoms with Crippen molar-refractivity contribution >= 4 is 34.0 Å². The van der Waals surface area contributed by atoms with Gasteiger partial charge in [-0.25, -0.2) is 0 Å². The Kier molecular flexibility index (Phi) is 6.91. The lowest BCUT2D eigenvalue weighted by Gasteiger charge is -2.25. The van der Waals surface area contributed by atoms with Crippen LogP contribution in [0, 0.1) is 0 Å². The topological polar surface area (TPSA) is 72.8 Å². The summed E-state index contributed by atoms with van der Waals surface area (Å²) in [6, 6.07) is 21.7. The van der Waals surface area contributed by atoms with Crippen molar-refractivity contribution in [1.82, 2.24) is 0 Å². The van der Waals surface area contributed by atoms with E-state index in [0.29, 0.717) is 30.0 Å². The molecule has 0 aromatic heterocycles. The first-order valence-corrected chi connectivity index (χ1v) is 12.1. The smallest absolute Gasteiger partial charge is 0.295 e. The van der Waals surface area contributed by atoms with Gasteiger partial charge in [-0.15, -0.1) is 0 Å². The van der Waals surface area contributed by atoms with Crippen LogP contribution in [0.3, 0.4) is 0 Å². The average molecular weight is 430 g/mol. The zero-order valence-electron chi connectivity index (χ0n) is 16.3. The van der Waals surface area contributed by atoms with Crippen LogP contribution >= 0.6 is 7.92 Å². The Morgan fingerprint density at radius 2 is 1.14 bits per heavy atom. The predicted octanol–water partition coefficient (Wildman–Crippen LogP) is 3.49. The molecular formula is C22H23O5PS. The Bertz CT molecular complexity index is 1030. The minimum Gasteiger partial charge on any atom is -0.493 e. The highest BCUT2D eigenvalue weighted by Crippen LogP contribution is 2.41. The summed E-state index contributed by atoms with van der Waals surface area (Å²) in [6.07, 6.45) is 0. The molecule has 0 aliphatic rings. The van der Waals surface area contributed by atoms with Crippen LogP contribution in [0.2, 0.25) is 0 Å². The van der Waals surface area contributed by atoms with Crippen LogP contribution < -0.4 is 25.4 Å². The van der Waals surface area contributed by atoms with Crippen LogP contribution in [0.25, 0.3) is 0 Å². The third kappa shape index (κ3) is 4.78. The molecule has 0 spiro atoms. The zero-order chi connectivity index (χ0) is 20.9. The highest BCUT2D eigenvalue weighted by atomic mass is 32.2. The molecule has 152 valence electrons. The fraction of sp³-hybridized carbons (Fsp3) is 0.182. The molecule has 7 heteroatoms. The zero-order valence-corrected chi connectivity index (χ0v) is 18.0. The maximum absolute atomic E-state index is 12.1. The molecule has 1 N–H and O–H groups in total. The second-order valence-electron chi connectivity index (χ2n) is 6.08. The molecular weight excluding hydrogens is 407 g/mol. The van der Waals surface area contributed by atoms with Gasteiger partial charge in [0, 0.05) is 15.9 Å². The molecule has 0 atom stereocenters. The number of rotatable bonds is 8. The lowest BCUT2D eigenvalue weighted by molar-refractivity contribution is 0.342. The van der Waals surface area contributed by atoms with Crippen LogP contribution in [0.15, 0.2) is 77.7 Å². The van der Waals surface area contributed by atoms with Gasteiger partial charge in [0.25, 0.3) is 10.1 Å². The standard InChI is InChI=1S/C22H23O5PS/c1-3-26-17-11-5-7-13-19(17)28(20-14-8-6-12-18(20)27-4-2)21-15-9-10-16-22(21)29(23,24)25/h5-16H,3-4H2,1-2H3,(H,23,24,25). The molecule has 3 aromatic rings. The fourth-order valence-electron chi connectivity index (χ4n) is 3.09. The highest BCUT2D eigenvalue weighted by Gasteiger charge is 2.28. The Morgan fingerprint density at radius 1 is 0.724 bits per heavy atom. The summed E-state index contributed by atoms with van der Waals surface area (Å²) in [4.78, 5) is -0.108. The van der Waals surface area contributed by atoms with Crippen LogP contribution in [-0.4, -0.2) is 26.2 Å². The van der Waals surface area contributed by atoms with Gasteiger partial charge in [0.1, 0.15) is 16.4 Å². The number of hydrogen-bond donors (Lipinski definition) is 1. The molecule has 0 amide bonds. The largest absolute Gasteiger partial charge is 0.493 e. The summed E-state index contributed by atoms with van der Waals surface area (Å²) in [5.41, 5.74) is 0. The SMILES string of the molecule is CCOc1ccccc1P(c1ccccc1OCC)c1ccccc1S(=O)(=O)O. The molecule has 5 nitrogen and oxygen atoms in total. The summed E-state index contributed by atoms with van der Waals surface area (Å²) in [5.74, 6) is 1.36. The van der Waals surface area contributed by atoms with Gasteiger partial charge >= 0.3 is 0 Å². The van der Waals surface area contributed by atoms with E-state index in [2.05, 4.69) is 0 Å². The summed E-state index contributed by atoms with van der Waals surface area (Å²) >= 11 is 0. The van der Waals surface area contributed by atoms with Gasteiger partial charge in [-0.3, -0.25) is 4.55 Å². The number of para-hydroxylation sites is 2. The lowest BCUT2D eigenvalue weighted by Crippen LogP contribution is -2.27. The summed E-state index contributed by atoms with van der Waals surface area (Å²) < 4.78 is 45.9. The first-order chi connectivity index (χ1) is 14.0. The van der Waals surface area contributed by atoms with Crippen molar-refractivity contribution in [2.45, 2.75) is 18.7 Å². The maximum atomic E-state index is 12.1. The van der Waals surface area contributed by atoms with Crippen molar-refractivity contribution in [3.8, 4) is 11.5 Å². The van der Waals surface area contributed by atoms with Gasteiger partial charge in [0.05, 0.1) is 13.2 Å². The minimum atomic E-state index is -4.41. The molecule has 0 radical (unpaired) electrons. The van der Waals surface area contributed by atoms with Gasteiger partial charge in [-0.2, -0.15) is 8.42 Å². The number of hydrogen-bond acceptors (Lipinski definition) is 4. The molecule has 0 unspecified atom stereocenters. The monoisotopic (exact) mass is 430 g/mol. The van der Waals surface area contributed by atoms with Crippen LogP contribution in [0.5, 0.6) is 11.5 Å². The van der Waals surface area contributed by atoms with Gasteiger partial charge in [0.15, 0.2) is 0 Å². The highest BCUT2D eigenvalue weighted by molar-refractivity contribution is 7.88. The lowest BCUT2D eigenvalue weighted by atomic mass is 10.3. The molecule has 0 aliphatic heterocycles. The normalized spacial score (nSPS) is 11.4. The van der Waals surface area contributed by atoms with E-state index in [9.17, 15) is 13.0 Å². The van der Waals surface area contributed by atoms with Crippen molar-refractivity contribution in [2.24, 2.45) is 0 Å². The Hall–Kier alpha value is -2.40. The first kappa shape index (κ1) is 21.3. The Morgan fingerprint density at radius 3 is 1.59 bits per heavy atom. The molecule has 3 rings (SSSR count). The number of ether oxygens (including phenoxy) is 2. The van der Waals surface area contributed by atoms with E-state index < -0.39 is 18.0 Å². The van der Waals surface area contributed by atoms with Gasteiger partial charge in [-0.05, 0) is 40.0 Å². The second kappa shape index (κ2) is 9.40. The summed E-state index contributed by atoms with van der Waals surface area (Å²) in [7, 11) is -5.80. The average Bonchev–Trinajstić information content (AvgIpc) is 2.71. The maximum Gasteiger partial charge on any atom is 0.295 e. The minimum absolute atomic E-state index is 0.108. The van der Waals surface area contributed by atoms with Crippen LogP contribution in [0.1, 0.15) is 13.8 Å². The van der Waals surface area contributed by atoms with E-state index in [1.807, 2.05) is 62.4 Å². The van der Waals surface area contributed by atoms with Crippen molar-refractivity contribution in [1.29, 1.82) is 0 Å². The summed E-state index contributed by atoms with van der Waals surface area (Å²) in [5, 5.41) is 2.23. The van der Waals surface area contributed by atoms with Crippen molar-refractivity contribution in [3.05, 3.63) is 72.8 Å². The van der Waals surface area contributed by atoms with Gasteiger partial charge < -0.3 is 9.47 Å². The van der Waals surface area contributed by atoms with Crippen molar-refractivity contribution in [2.75, 3.05) is 13.2 Å². The predicted molar refractivity (Wildman–Crippen MR) is 117 cm³/mol. The van der Waals surface area contributed by atoms with Gasteiger partial charge in [-0.1, -0.05) is 54.6 Å². The molecule has 0 saturated heterocycles.